The van der Waals surface area contributed by atoms with Crippen molar-refractivity contribution >= 4 is 27.8 Å². The zero-order valence-electron chi connectivity index (χ0n) is 17.9. The Bertz CT molecular complexity index is 1470. The molecule has 0 fully saturated rings. The quantitative estimate of drug-likeness (QED) is 0.377. The van der Waals surface area contributed by atoms with Crippen molar-refractivity contribution in [3.8, 4) is 17.1 Å². The van der Waals surface area contributed by atoms with Crippen molar-refractivity contribution in [2.45, 2.75) is 26.4 Å². The summed E-state index contributed by atoms with van der Waals surface area (Å²) in [4.78, 5) is 32.8. The number of hydrogen-bond acceptors (Lipinski definition) is 7. The molecule has 5 rings (SSSR count). The summed E-state index contributed by atoms with van der Waals surface area (Å²) in [5.41, 5.74) is 3.33. The fourth-order valence-corrected chi connectivity index (χ4v) is 3.75. The summed E-state index contributed by atoms with van der Waals surface area (Å²) < 4.78 is 7.21. The lowest BCUT2D eigenvalue weighted by atomic mass is 10.1. The van der Waals surface area contributed by atoms with Gasteiger partial charge in [0.05, 0.1) is 29.9 Å². The fourth-order valence-electron chi connectivity index (χ4n) is 3.75. The van der Waals surface area contributed by atoms with Gasteiger partial charge in [0.15, 0.2) is 0 Å². The van der Waals surface area contributed by atoms with Crippen molar-refractivity contribution < 1.29 is 4.74 Å². The minimum Gasteiger partial charge on any atom is -0.494 e. The van der Waals surface area contributed by atoms with E-state index in [0.29, 0.717) is 51.7 Å². The van der Waals surface area contributed by atoms with Gasteiger partial charge in [0.1, 0.15) is 34.0 Å². The second kappa shape index (κ2) is 7.80. The van der Waals surface area contributed by atoms with E-state index in [4.69, 9.17) is 4.74 Å². The second-order valence-electron chi connectivity index (χ2n) is 7.37. The summed E-state index contributed by atoms with van der Waals surface area (Å²) in [5.74, 6) is 1.65. The number of rotatable bonds is 6. The van der Waals surface area contributed by atoms with Gasteiger partial charge in [-0.1, -0.05) is 6.07 Å². The van der Waals surface area contributed by atoms with Crippen LogP contribution in [0.4, 0.5) is 5.69 Å². The zero-order valence-corrected chi connectivity index (χ0v) is 17.9. The molecule has 0 unspecified atom stereocenters. The monoisotopic (exact) mass is 430 g/mol. The number of hydrogen-bond donors (Lipinski definition) is 3. The molecule has 0 spiro atoms. The topological polar surface area (TPSA) is 126 Å². The number of fused-ring (bicyclic) bond motifs is 2. The lowest BCUT2D eigenvalue weighted by molar-refractivity contribution is 0.419. The van der Waals surface area contributed by atoms with Crippen LogP contribution in [0.5, 0.6) is 5.75 Å². The number of aromatic nitrogens is 7. The molecule has 10 heteroatoms. The number of benzene rings is 1. The van der Waals surface area contributed by atoms with Crippen LogP contribution in [-0.4, -0.2) is 41.8 Å². The highest BCUT2D eigenvalue weighted by Gasteiger charge is 2.23. The van der Waals surface area contributed by atoms with Crippen molar-refractivity contribution in [2.24, 2.45) is 0 Å². The Morgan fingerprint density at radius 1 is 1.12 bits per heavy atom. The standard InChI is InChI=1S/C22H22N8O2/c1-4-30-11-14-18(29-30)19(25-12(2)20-23-9-6-10-24-20)16(22(31)27-14)21-26-13-7-5-8-15(32-3)17(13)28-21/h5-12,25H,4H2,1-3H3,(H,26,28)(H,27,31)/t12-/m0/s1. The SMILES string of the molecule is CCn1cc2[nH]c(=O)c(-c3nc4c(OC)cccc4[nH]3)c(N[C@@H](C)c3ncccn3)c2n1. The van der Waals surface area contributed by atoms with Crippen LogP contribution >= 0.6 is 0 Å². The maximum Gasteiger partial charge on any atom is 0.261 e. The van der Waals surface area contributed by atoms with E-state index in [0.717, 1.165) is 5.52 Å². The fraction of sp³-hybridized carbons (Fsp3) is 0.227. The number of anilines is 1. The number of nitrogens with one attached hydrogen (secondary N) is 3. The number of imidazole rings is 1. The maximum absolute atomic E-state index is 13.2. The number of methoxy groups -OCH3 is 1. The van der Waals surface area contributed by atoms with Crippen molar-refractivity contribution in [3.05, 3.63) is 59.0 Å². The van der Waals surface area contributed by atoms with Gasteiger partial charge in [0.2, 0.25) is 0 Å². The van der Waals surface area contributed by atoms with Crippen LogP contribution in [-0.2, 0) is 6.54 Å². The third-order valence-corrected chi connectivity index (χ3v) is 5.31. The first-order valence-electron chi connectivity index (χ1n) is 10.3. The number of H-pyrrole nitrogens is 2. The van der Waals surface area contributed by atoms with Crippen LogP contribution in [0.25, 0.3) is 33.5 Å². The van der Waals surface area contributed by atoms with Crippen molar-refractivity contribution in [1.82, 2.24) is 34.7 Å². The van der Waals surface area contributed by atoms with Gasteiger partial charge in [-0.15, -0.1) is 0 Å². The molecule has 0 radical (unpaired) electrons. The van der Waals surface area contributed by atoms with E-state index in [2.05, 4.69) is 35.3 Å². The molecule has 0 aliphatic heterocycles. The highest BCUT2D eigenvalue weighted by Crippen LogP contribution is 2.33. The summed E-state index contributed by atoms with van der Waals surface area (Å²) in [6.07, 6.45) is 5.19. The second-order valence-corrected chi connectivity index (χ2v) is 7.37. The van der Waals surface area contributed by atoms with E-state index in [1.807, 2.05) is 38.2 Å². The molecule has 0 saturated carbocycles. The Kier molecular flexibility index (Phi) is 4.81. The molecule has 162 valence electrons. The molecule has 0 bridgehead atoms. The minimum absolute atomic E-state index is 0.273. The Balaban J connectivity index is 1.74. The average molecular weight is 430 g/mol. The van der Waals surface area contributed by atoms with Crippen molar-refractivity contribution in [3.63, 3.8) is 0 Å². The molecule has 1 atom stereocenters. The Morgan fingerprint density at radius 2 is 1.94 bits per heavy atom. The minimum atomic E-state index is -0.283. The summed E-state index contributed by atoms with van der Waals surface area (Å²) >= 11 is 0. The predicted octanol–water partition coefficient (Wildman–Crippen LogP) is 3.26. The zero-order chi connectivity index (χ0) is 22.2. The lowest BCUT2D eigenvalue weighted by Crippen LogP contribution is -2.17. The summed E-state index contributed by atoms with van der Waals surface area (Å²) in [7, 11) is 1.59. The summed E-state index contributed by atoms with van der Waals surface area (Å²) in [5, 5.41) is 8.08. The van der Waals surface area contributed by atoms with E-state index in [1.165, 1.54) is 0 Å². The lowest BCUT2D eigenvalue weighted by Gasteiger charge is -2.16. The molecule has 5 aromatic rings. The first-order valence-corrected chi connectivity index (χ1v) is 10.3. The van der Waals surface area contributed by atoms with Gasteiger partial charge >= 0.3 is 0 Å². The van der Waals surface area contributed by atoms with Crippen LogP contribution in [0, 0.1) is 0 Å². The third kappa shape index (κ3) is 3.25. The van der Waals surface area contributed by atoms with Crippen LogP contribution < -0.4 is 15.6 Å². The van der Waals surface area contributed by atoms with Crippen LogP contribution in [0.15, 0.2) is 47.7 Å². The van der Waals surface area contributed by atoms with Gasteiger partial charge in [-0.25, -0.2) is 15.0 Å². The number of nitrogens with zero attached hydrogens (tertiary/aromatic N) is 5. The van der Waals surface area contributed by atoms with Gasteiger partial charge in [-0.3, -0.25) is 9.48 Å². The average Bonchev–Trinajstić information content (AvgIpc) is 3.43. The largest absolute Gasteiger partial charge is 0.494 e. The first-order chi connectivity index (χ1) is 15.6. The number of aryl methyl sites for hydroxylation is 1. The van der Waals surface area contributed by atoms with Gasteiger partial charge < -0.3 is 20.0 Å². The van der Waals surface area contributed by atoms with Crippen LogP contribution in [0.1, 0.15) is 25.7 Å². The highest BCUT2D eigenvalue weighted by atomic mass is 16.5. The van der Waals surface area contributed by atoms with Gasteiger partial charge in [-0.2, -0.15) is 5.10 Å². The molecular weight excluding hydrogens is 408 g/mol. The molecule has 32 heavy (non-hydrogen) atoms. The van der Waals surface area contributed by atoms with Gasteiger partial charge in [0, 0.05) is 25.1 Å². The van der Waals surface area contributed by atoms with E-state index in [-0.39, 0.29) is 11.6 Å². The predicted molar refractivity (Wildman–Crippen MR) is 122 cm³/mol. The Morgan fingerprint density at radius 3 is 2.69 bits per heavy atom. The Hall–Kier alpha value is -4.21. The van der Waals surface area contributed by atoms with Gasteiger partial charge in [-0.05, 0) is 32.0 Å². The maximum atomic E-state index is 13.2. The molecule has 0 amide bonds. The number of para-hydroxylation sites is 1. The molecule has 0 saturated heterocycles. The molecule has 1 aromatic carbocycles. The highest BCUT2D eigenvalue weighted by molar-refractivity contribution is 5.97. The van der Waals surface area contributed by atoms with Gasteiger partial charge in [0.25, 0.3) is 5.56 Å². The summed E-state index contributed by atoms with van der Waals surface area (Å²) in [6.45, 7) is 4.60. The first kappa shape index (κ1) is 19.7. The molecule has 10 nitrogen and oxygen atoms in total. The third-order valence-electron chi connectivity index (χ3n) is 5.31. The molecule has 4 heterocycles. The smallest absolute Gasteiger partial charge is 0.261 e. The summed E-state index contributed by atoms with van der Waals surface area (Å²) in [6, 6.07) is 7.08. The van der Waals surface area contributed by atoms with Crippen LogP contribution in [0.2, 0.25) is 0 Å². The van der Waals surface area contributed by atoms with E-state index >= 15 is 0 Å². The van der Waals surface area contributed by atoms with E-state index < -0.39 is 0 Å². The Labute approximate surface area is 182 Å². The molecule has 0 aliphatic carbocycles. The molecule has 3 N–H and O–H groups in total. The van der Waals surface area contributed by atoms with Crippen LogP contribution in [0.3, 0.4) is 0 Å². The number of pyridine rings is 1. The van der Waals surface area contributed by atoms with Crippen molar-refractivity contribution in [2.75, 3.05) is 12.4 Å². The van der Waals surface area contributed by atoms with E-state index in [9.17, 15) is 4.79 Å². The number of aromatic amines is 2. The normalized spacial score (nSPS) is 12.3. The number of ether oxygens (including phenoxy) is 1. The van der Waals surface area contributed by atoms with E-state index in [1.54, 1.807) is 30.3 Å². The molecule has 0 aliphatic rings. The van der Waals surface area contributed by atoms with Crippen molar-refractivity contribution in [1.29, 1.82) is 0 Å². The molecular formula is C22H22N8O2. The molecule has 4 aromatic heterocycles.